The Bertz CT molecular complexity index is 476. The summed E-state index contributed by atoms with van der Waals surface area (Å²) < 4.78 is 18.9. The number of hydrogen-bond donors (Lipinski definition) is 2. The minimum atomic E-state index is -0.335. The predicted octanol–water partition coefficient (Wildman–Crippen LogP) is 2.21. The van der Waals surface area contributed by atoms with Gasteiger partial charge in [-0.3, -0.25) is 4.79 Å². The Kier molecular flexibility index (Phi) is 4.90. The molecule has 0 bridgehead atoms. The second-order valence-electron chi connectivity index (χ2n) is 4.56. The molecule has 19 heavy (non-hydrogen) atoms. The molecule has 1 aromatic carbocycles. The molecule has 1 unspecified atom stereocenters. The van der Waals surface area contributed by atoms with Crippen molar-refractivity contribution in [2.45, 2.75) is 19.4 Å². The number of nitrogens with one attached hydrogen (secondary N) is 2. The van der Waals surface area contributed by atoms with Crippen LogP contribution in [0.25, 0.3) is 0 Å². The number of halogens is 2. The first kappa shape index (κ1) is 14.4. The van der Waals surface area contributed by atoms with Crippen molar-refractivity contribution >= 4 is 27.5 Å². The summed E-state index contributed by atoms with van der Waals surface area (Å²) in [4.78, 5) is 11.9. The zero-order chi connectivity index (χ0) is 13.8. The Hall–Kier alpha value is -0.980. The molecule has 1 heterocycles. The van der Waals surface area contributed by atoms with Crippen LogP contribution in [-0.4, -0.2) is 31.7 Å². The summed E-state index contributed by atoms with van der Waals surface area (Å²) in [6.45, 7) is 3.74. The van der Waals surface area contributed by atoms with E-state index in [9.17, 15) is 9.18 Å². The van der Waals surface area contributed by atoms with Crippen LogP contribution in [0.3, 0.4) is 0 Å². The molecule has 0 spiro atoms. The number of morpholine rings is 1. The van der Waals surface area contributed by atoms with Crippen LogP contribution in [0.15, 0.2) is 16.6 Å². The van der Waals surface area contributed by atoms with E-state index in [-0.39, 0.29) is 17.8 Å². The van der Waals surface area contributed by atoms with E-state index in [1.165, 1.54) is 6.07 Å². The van der Waals surface area contributed by atoms with E-state index in [0.717, 1.165) is 6.54 Å². The smallest absolute Gasteiger partial charge is 0.226 e. The van der Waals surface area contributed by atoms with Crippen molar-refractivity contribution in [2.24, 2.45) is 0 Å². The number of anilines is 1. The summed E-state index contributed by atoms with van der Waals surface area (Å²) in [6, 6.07) is 3.01. The molecule has 4 nitrogen and oxygen atoms in total. The number of carbonyl (C=O) groups excluding carboxylic acids is 1. The Morgan fingerprint density at radius 2 is 2.42 bits per heavy atom. The first-order valence-electron chi connectivity index (χ1n) is 6.13. The molecule has 2 N–H and O–H groups in total. The molecule has 1 fully saturated rings. The number of aryl methyl sites for hydroxylation is 1. The fourth-order valence-electron chi connectivity index (χ4n) is 1.96. The normalized spacial score (nSPS) is 19.2. The van der Waals surface area contributed by atoms with Gasteiger partial charge in [-0.2, -0.15) is 0 Å². The van der Waals surface area contributed by atoms with E-state index < -0.39 is 0 Å². The van der Waals surface area contributed by atoms with Gasteiger partial charge in [0, 0.05) is 24.7 Å². The van der Waals surface area contributed by atoms with Crippen LogP contribution >= 0.6 is 15.9 Å². The molecule has 2 rings (SSSR count). The lowest BCUT2D eigenvalue weighted by atomic mass is 10.1. The Balaban J connectivity index is 1.96. The van der Waals surface area contributed by atoms with Gasteiger partial charge in [-0.15, -0.1) is 0 Å². The second kappa shape index (κ2) is 6.45. The molecule has 0 saturated carbocycles. The maximum atomic E-state index is 13.3. The van der Waals surface area contributed by atoms with Crippen molar-refractivity contribution in [2.75, 3.05) is 25.1 Å². The number of hydrogen-bond acceptors (Lipinski definition) is 3. The minimum absolute atomic E-state index is 0.0398. The summed E-state index contributed by atoms with van der Waals surface area (Å²) in [7, 11) is 0. The maximum absolute atomic E-state index is 13.3. The molecule has 0 radical (unpaired) electrons. The van der Waals surface area contributed by atoms with Crippen LogP contribution < -0.4 is 10.6 Å². The molecule has 1 aromatic rings. The highest BCUT2D eigenvalue weighted by atomic mass is 79.9. The van der Waals surface area contributed by atoms with Gasteiger partial charge in [-0.05, 0) is 40.5 Å². The average Bonchev–Trinajstić information content (AvgIpc) is 2.37. The van der Waals surface area contributed by atoms with E-state index >= 15 is 0 Å². The third kappa shape index (κ3) is 3.99. The quantitative estimate of drug-likeness (QED) is 0.893. The SMILES string of the molecule is Cc1cc(F)c(Br)cc1NC(=O)CC1COCCN1. The number of amides is 1. The highest BCUT2D eigenvalue weighted by molar-refractivity contribution is 9.10. The van der Waals surface area contributed by atoms with E-state index in [1.807, 2.05) is 0 Å². The minimum Gasteiger partial charge on any atom is -0.378 e. The topological polar surface area (TPSA) is 50.4 Å². The Morgan fingerprint density at radius 1 is 1.63 bits per heavy atom. The second-order valence-corrected chi connectivity index (χ2v) is 5.41. The number of benzene rings is 1. The zero-order valence-electron chi connectivity index (χ0n) is 10.6. The molecule has 0 aliphatic carbocycles. The lowest BCUT2D eigenvalue weighted by molar-refractivity contribution is -0.117. The average molecular weight is 331 g/mol. The van der Waals surface area contributed by atoms with Crippen molar-refractivity contribution in [3.8, 4) is 0 Å². The van der Waals surface area contributed by atoms with Crippen molar-refractivity contribution < 1.29 is 13.9 Å². The van der Waals surface area contributed by atoms with Gasteiger partial charge in [0.05, 0.1) is 17.7 Å². The van der Waals surface area contributed by atoms with Crippen LogP contribution in [0, 0.1) is 12.7 Å². The number of carbonyl (C=O) groups is 1. The van der Waals surface area contributed by atoms with Gasteiger partial charge in [-0.1, -0.05) is 0 Å². The van der Waals surface area contributed by atoms with E-state index in [2.05, 4.69) is 26.6 Å². The van der Waals surface area contributed by atoms with Gasteiger partial charge >= 0.3 is 0 Å². The summed E-state index contributed by atoms with van der Waals surface area (Å²) >= 11 is 3.11. The number of rotatable bonds is 3. The molecule has 1 aliphatic heterocycles. The summed E-state index contributed by atoms with van der Waals surface area (Å²) in [5, 5.41) is 6.01. The molecule has 104 valence electrons. The molecule has 0 aromatic heterocycles. The maximum Gasteiger partial charge on any atom is 0.226 e. The van der Waals surface area contributed by atoms with Gasteiger partial charge in [-0.25, -0.2) is 4.39 Å². The van der Waals surface area contributed by atoms with E-state index in [0.29, 0.717) is 35.4 Å². The summed E-state index contributed by atoms with van der Waals surface area (Å²) in [5.74, 6) is -0.442. The predicted molar refractivity (Wildman–Crippen MR) is 74.7 cm³/mol. The van der Waals surface area contributed by atoms with Gasteiger partial charge in [0.2, 0.25) is 5.91 Å². The highest BCUT2D eigenvalue weighted by Crippen LogP contribution is 2.24. The molecule has 1 atom stereocenters. The molecule has 1 aliphatic rings. The largest absolute Gasteiger partial charge is 0.378 e. The van der Waals surface area contributed by atoms with Crippen molar-refractivity contribution in [1.29, 1.82) is 0 Å². The van der Waals surface area contributed by atoms with Crippen LogP contribution in [0.5, 0.6) is 0 Å². The standard InChI is InChI=1S/C13H16BrFN2O2/c1-8-4-11(15)10(14)6-12(8)17-13(18)5-9-7-19-3-2-16-9/h4,6,9,16H,2-3,5,7H2,1H3,(H,17,18). The van der Waals surface area contributed by atoms with Crippen LogP contribution in [0.4, 0.5) is 10.1 Å². The van der Waals surface area contributed by atoms with Gasteiger partial charge in [0.25, 0.3) is 0 Å². The van der Waals surface area contributed by atoms with Crippen molar-refractivity contribution in [3.05, 3.63) is 28.0 Å². The van der Waals surface area contributed by atoms with E-state index in [4.69, 9.17) is 4.74 Å². The molecular weight excluding hydrogens is 315 g/mol. The third-order valence-corrected chi connectivity index (χ3v) is 3.58. The summed E-state index contributed by atoms with van der Waals surface area (Å²) in [5.41, 5.74) is 1.32. The third-order valence-electron chi connectivity index (χ3n) is 2.97. The van der Waals surface area contributed by atoms with E-state index in [1.54, 1.807) is 13.0 Å². The monoisotopic (exact) mass is 330 g/mol. The Morgan fingerprint density at radius 3 is 3.11 bits per heavy atom. The van der Waals surface area contributed by atoms with Crippen molar-refractivity contribution in [1.82, 2.24) is 5.32 Å². The Labute approximate surface area is 119 Å². The van der Waals surface area contributed by atoms with Crippen LogP contribution in [0.1, 0.15) is 12.0 Å². The fourth-order valence-corrected chi connectivity index (χ4v) is 2.30. The van der Waals surface area contributed by atoms with Crippen molar-refractivity contribution in [3.63, 3.8) is 0 Å². The first-order chi connectivity index (χ1) is 9.06. The molecule has 6 heteroatoms. The van der Waals surface area contributed by atoms with Gasteiger partial charge in [0.15, 0.2) is 0 Å². The molecular formula is C13H16BrFN2O2. The van der Waals surface area contributed by atoms with Crippen LogP contribution in [-0.2, 0) is 9.53 Å². The molecule has 1 amide bonds. The fraction of sp³-hybridized carbons (Fsp3) is 0.462. The zero-order valence-corrected chi connectivity index (χ0v) is 12.2. The lowest BCUT2D eigenvalue weighted by Crippen LogP contribution is -2.43. The first-order valence-corrected chi connectivity index (χ1v) is 6.92. The van der Waals surface area contributed by atoms with Gasteiger partial charge < -0.3 is 15.4 Å². The van der Waals surface area contributed by atoms with Gasteiger partial charge in [0.1, 0.15) is 5.82 Å². The lowest BCUT2D eigenvalue weighted by Gasteiger charge is -2.23. The highest BCUT2D eigenvalue weighted by Gasteiger charge is 2.17. The van der Waals surface area contributed by atoms with Crippen LogP contribution in [0.2, 0.25) is 0 Å². The molecule has 1 saturated heterocycles. The number of ether oxygens (including phenoxy) is 1. The summed E-state index contributed by atoms with van der Waals surface area (Å²) in [6.07, 6.45) is 0.342.